The fraction of sp³-hybridized carbons (Fsp3) is 0.222. The summed E-state index contributed by atoms with van der Waals surface area (Å²) in [6, 6.07) is 6.54. The van der Waals surface area contributed by atoms with Crippen molar-refractivity contribution in [2.45, 2.75) is 13.1 Å². The molecule has 1 aromatic rings. The molecule has 0 heterocycles. The number of alkyl halides is 3. The first-order valence-corrected chi connectivity index (χ1v) is 4.09. The topological polar surface area (TPSA) is 41.1 Å². The van der Waals surface area contributed by atoms with E-state index in [9.17, 15) is 18.0 Å². The molecule has 0 aliphatic carbocycles. The Kier molecular flexibility index (Phi) is 3.18. The minimum Gasteiger partial charge on any atom is -0.298 e. The molecule has 0 saturated carbocycles. The first-order chi connectivity index (χ1) is 6.89. The zero-order valence-electron chi connectivity index (χ0n) is 7.85. The van der Waals surface area contributed by atoms with Crippen molar-refractivity contribution in [1.29, 1.82) is 0 Å². The first-order valence-electron chi connectivity index (χ1n) is 4.09. The minimum absolute atomic E-state index is 0.387. The van der Waals surface area contributed by atoms with Gasteiger partial charge in [-0.3, -0.25) is 15.6 Å². The highest BCUT2D eigenvalue weighted by Crippen LogP contribution is 2.14. The molecule has 0 fully saturated rings. The summed E-state index contributed by atoms with van der Waals surface area (Å²) < 4.78 is 35.3. The second-order valence-corrected chi connectivity index (χ2v) is 2.94. The van der Waals surface area contributed by atoms with Gasteiger partial charge in [-0.1, -0.05) is 17.7 Å². The molecule has 1 aromatic carbocycles. The Bertz CT molecular complexity index is 345. The van der Waals surface area contributed by atoms with Crippen LogP contribution in [-0.2, 0) is 4.79 Å². The Balaban J connectivity index is 2.51. The largest absolute Gasteiger partial charge is 0.472 e. The molecule has 0 unspecified atom stereocenters. The van der Waals surface area contributed by atoms with E-state index < -0.39 is 12.1 Å². The standard InChI is InChI=1S/C9H9F3N2O/c1-6-2-4-7(5-3-6)13-14-8(15)9(10,11)12/h2-5,13H,1H3,(H,14,15). The fourth-order valence-corrected chi connectivity index (χ4v) is 0.837. The third kappa shape index (κ3) is 3.49. The Hall–Kier alpha value is -1.72. The quantitative estimate of drug-likeness (QED) is 0.745. The van der Waals surface area contributed by atoms with Crippen molar-refractivity contribution in [3.8, 4) is 0 Å². The molecule has 0 aromatic heterocycles. The number of amides is 1. The van der Waals surface area contributed by atoms with Gasteiger partial charge in [-0.15, -0.1) is 0 Å². The van der Waals surface area contributed by atoms with Gasteiger partial charge in [0, 0.05) is 0 Å². The van der Waals surface area contributed by atoms with E-state index >= 15 is 0 Å². The van der Waals surface area contributed by atoms with Gasteiger partial charge >= 0.3 is 12.1 Å². The number of rotatable bonds is 2. The summed E-state index contributed by atoms with van der Waals surface area (Å²) in [7, 11) is 0. The fourth-order valence-electron chi connectivity index (χ4n) is 0.837. The molecular weight excluding hydrogens is 209 g/mol. The lowest BCUT2D eigenvalue weighted by Crippen LogP contribution is -2.40. The van der Waals surface area contributed by atoms with Gasteiger partial charge in [0.2, 0.25) is 0 Å². The van der Waals surface area contributed by atoms with Gasteiger partial charge in [-0.05, 0) is 19.1 Å². The Morgan fingerprint density at radius 1 is 1.20 bits per heavy atom. The van der Waals surface area contributed by atoms with E-state index in [1.807, 2.05) is 6.92 Å². The van der Waals surface area contributed by atoms with E-state index in [0.717, 1.165) is 5.56 Å². The molecule has 82 valence electrons. The molecular formula is C9H9F3N2O. The minimum atomic E-state index is -4.88. The van der Waals surface area contributed by atoms with Crippen LogP contribution in [0.4, 0.5) is 18.9 Å². The third-order valence-corrected chi connectivity index (χ3v) is 1.63. The second kappa shape index (κ2) is 4.20. The number of carbonyl (C=O) groups excluding carboxylic acids is 1. The summed E-state index contributed by atoms with van der Waals surface area (Å²) >= 11 is 0. The normalized spacial score (nSPS) is 10.9. The molecule has 0 saturated heterocycles. The molecule has 3 nitrogen and oxygen atoms in total. The maximum Gasteiger partial charge on any atom is 0.472 e. The lowest BCUT2D eigenvalue weighted by atomic mass is 10.2. The number of nitrogens with one attached hydrogen (secondary N) is 2. The van der Waals surface area contributed by atoms with Crippen LogP contribution < -0.4 is 10.9 Å². The third-order valence-electron chi connectivity index (χ3n) is 1.63. The highest BCUT2D eigenvalue weighted by Gasteiger charge is 2.38. The van der Waals surface area contributed by atoms with Crippen LogP contribution in [0.15, 0.2) is 24.3 Å². The second-order valence-electron chi connectivity index (χ2n) is 2.94. The van der Waals surface area contributed by atoms with Crippen LogP contribution in [0, 0.1) is 6.92 Å². The number of anilines is 1. The average molecular weight is 218 g/mol. The van der Waals surface area contributed by atoms with Crippen LogP contribution in [0.3, 0.4) is 0 Å². The van der Waals surface area contributed by atoms with Crippen LogP contribution >= 0.6 is 0 Å². The van der Waals surface area contributed by atoms with E-state index in [-0.39, 0.29) is 0 Å². The molecule has 15 heavy (non-hydrogen) atoms. The van der Waals surface area contributed by atoms with Crippen LogP contribution in [0.2, 0.25) is 0 Å². The number of carbonyl (C=O) groups is 1. The van der Waals surface area contributed by atoms with E-state index in [4.69, 9.17) is 0 Å². The highest BCUT2D eigenvalue weighted by atomic mass is 19.4. The smallest absolute Gasteiger partial charge is 0.298 e. The summed E-state index contributed by atoms with van der Waals surface area (Å²) in [6.45, 7) is 1.85. The summed E-state index contributed by atoms with van der Waals surface area (Å²) in [4.78, 5) is 10.4. The number of hydrogen-bond donors (Lipinski definition) is 2. The van der Waals surface area contributed by atoms with E-state index in [1.165, 1.54) is 0 Å². The van der Waals surface area contributed by atoms with Crippen molar-refractivity contribution >= 4 is 11.6 Å². The number of benzene rings is 1. The zero-order chi connectivity index (χ0) is 11.5. The molecule has 0 aliphatic rings. The molecule has 0 bridgehead atoms. The highest BCUT2D eigenvalue weighted by molar-refractivity contribution is 5.82. The maximum absolute atomic E-state index is 11.8. The Labute approximate surface area is 84.3 Å². The molecule has 2 N–H and O–H groups in total. The lowest BCUT2D eigenvalue weighted by molar-refractivity contribution is -0.173. The zero-order valence-corrected chi connectivity index (χ0v) is 7.85. The van der Waals surface area contributed by atoms with Gasteiger partial charge in [0.15, 0.2) is 0 Å². The molecule has 0 radical (unpaired) electrons. The van der Waals surface area contributed by atoms with Crippen molar-refractivity contribution < 1.29 is 18.0 Å². The summed E-state index contributed by atoms with van der Waals surface area (Å²) in [6.07, 6.45) is -4.88. The van der Waals surface area contributed by atoms with Crippen LogP contribution in [0.25, 0.3) is 0 Å². The monoisotopic (exact) mass is 218 g/mol. The van der Waals surface area contributed by atoms with Crippen molar-refractivity contribution in [3.05, 3.63) is 29.8 Å². The van der Waals surface area contributed by atoms with Crippen LogP contribution in [0.5, 0.6) is 0 Å². The molecule has 0 atom stereocenters. The number of aryl methyl sites for hydroxylation is 1. The number of halogens is 3. The van der Waals surface area contributed by atoms with Gasteiger partial charge < -0.3 is 0 Å². The van der Waals surface area contributed by atoms with Crippen molar-refractivity contribution in [2.75, 3.05) is 5.43 Å². The Morgan fingerprint density at radius 3 is 2.20 bits per heavy atom. The van der Waals surface area contributed by atoms with Gasteiger partial charge in [0.05, 0.1) is 5.69 Å². The molecule has 1 amide bonds. The predicted octanol–water partition coefficient (Wildman–Crippen LogP) is 2.00. The van der Waals surface area contributed by atoms with Crippen LogP contribution in [-0.4, -0.2) is 12.1 Å². The van der Waals surface area contributed by atoms with Crippen molar-refractivity contribution in [2.24, 2.45) is 0 Å². The predicted molar refractivity (Wildman–Crippen MR) is 49.0 cm³/mol. The number of hydrogen-bond acceptors (Lipinski definition) is 2. The van der Waals surface area contributed by atoms with Gasteiger partial charge in [-0.25, -0.2) is 0 Å². The molecule has 0 spiro atoms. The molecule has 0 aliphatic heterocycles. The van der Waals surface area contributed by atoms with E-state index in [2.05, 4.69) is 5.43 Å². The SMILES string of the molecule is Cc1ccc(NNC(=O)C(F)(F)F)cc1. The van der Waals surface area contributed by atoms with E-state index in [1.54, 1.807) is 29.7 Å². The van der Waals surface area contributed by atoms with Gasteiger partial charge in [0.1, 0.15) is 0 Å². The molecule has 1 rings (SSSR count). The summed E-state index contributed by atoms with van der Waals surface area (Å²) in [5, 5.41) is 0. The van der Waals surface area contributed by atoms with E-state index in [0.29, 0.717) is 5.69 Å². The van der Waals surface area contributed by atoms with Gasteiger partial charge in [-0.2, -0.15) is 13.2 Å². The lowest BCUT2D eigenvalue weighted by Gasteiger charge is -2.10. The summed E-state index contributed by atoms with van der Waals surface area (Å²) in [5.41, 5.74) is 5.06. The summed E-state index contributed by atoms with van der Waals surface area (Å²) in [5.74, 6) is -2.02. The van der Waals surface area contributed by atoms with Crippen molar-refractivity contribution in [1.82, 2.24) is 5.43 Å². The maximum atomic E-state index is 11.8. The Morgan fingerprint density at radius 2 is 1.73 bits per heavy atom. The first kappa shape index (κ1) is 11.4. The number of hydrazine groups is 1. The van der Waals surface area contributed by atoms with Crippen molar-refractivity contribution in [3.63, 3.8) is 0 Å². The molecule has 6 heteroatoms. The van der Waals surface area contributed by atoms with Crippen LogP contribution in [0.1, 0.15) is 5.56 Å². The van der Waals surface area contributed by atoms with Gasteiger partial charge in [0.25, 0.3) is 0 Å². The average Bonchev–Trinajstić information content (AvgIpc) is 2.15.